The van der Waals surface area contributed by atoms with Crippen molar-refractivity contribution in [3.63, 3.8) is 0 Å². The van der Waals surface area contributed by atoms with Gasteiger partial charge in [0.1, 0.15) is 6.61 Å². The molecule has 0 saturated heterocycles. The van der Waals surface area contributed by atoms with Gasteiger partial charge in [-0.05, 0) is 0 Å². The molecule has 0 atom stereocenters. The van der Waals surface area contributed by atoms with Crippen LogP contribution in [0.1, 0.15) is 0 Å². The smallest absolute Gasteiger partial charge is 0.570 e. The summed E-state index contributed by atoms with van der Waals surface area (Å²) in [6.45, 7) is 1.19. The van der Waals surface area contributed by atoms with E-state index in [0.29, 0.717) is 24.8 Å². The number of ether oxygens (including phenoxy) is 2. The van der Waals surface area contributed by atoms with Gasteiger partial charge in [0, 0.05) is 5.75 Å². The fourth-order valence-electron chi connectivity index (χ4n) is 0.836. The molecule has 0 aromatic carbocycles. The van der Waals surface area contributed by atoms with E-state index in [-0.39, 0.29) is 18.9 Å². The molecule has 0 N–H and O–H groups in total. The molecule has 0 aliphatic carbocycles. The minimum Gasteiger partial charge on any atom is -0.570 e. The molecule has 0 saturated carbocycles. The van der Waals surface area contributed by atoms with E-state index in [4.69, 9.17) is 9.47 Å². The van der Waals surface area contributed by atoms with E-state index in [1.165, 1.54) is 0 Å². The Balaban J connectivity index is 0.000000605. The predicted molar refractivity (Wildman–Crippen MR) is 34.1 cm³/mol. The van der Waals surface area contributed by atoms with Crippen molar-refractivity contribution >= 4 is 0 Å². The summed E-state index contributed by atoms with van der Waals surface area (Å²) in [5.41, 5.74) is 0. The van der Waals surface area contributed by atoms with Crippen LogP contribution in [0.5, 0.6) is 11.6 Å². The van der Waals surface area contributed by atoms with Gasteiger partial charge in [-0.1, -0.05) is 6.20 Å². The topological polar surface area (TPSA) is 31.4 Å². The van der Waals surface area contributed by atoms with Crippen LogP contribution in [-0.4, -0.2) is 18.2 Å². The van der Waals surface area contributed by atoms with Crippen molar-refractivity contribution in [2.75, 3.05) is 13.2 Å². The summed E-state index contributed by atoms with van der Waals surface area (Å²) in [5.74, 6) is 1.26. The Hall–Kier alpha value is -0.653. The van der Waals surface area contributed by atoms with Gasteiger partial charge in [-0.3, -0.25) is 4.98 Å². The summed E-state index contributed by atoms with van der Waals surface area (Å²) in [4.78, 5) is 3.92. The van der Waals surface area contributed by atoms with Crippen molar-refractivity contribution in [1.82, 2.24) is 4.98 Å². The zero-order valence-electron chi connectivity index (χ0n) is 6.33. The second-order valence-corrected chi connectivity index (χ2v) is 1.94. The van der Waals surface area contributed by atoms with Crippen LogP contribution in [0, 0.1) is 6.07 Å². The Labute approximate surface area is 76.9 Å². The molecule has 2 rings (SSSR count). The summed E-state index contributed by atoms with van der Waals surface area (Å²) in [6.07, 6.45) is 1.56. The van der Waals surface area contributed by atoms with Gasteiger partial charge in [-0.15, -0.1) is 0 Å². The van der Waals surface area contributed by atoms with Crippen molar-refractivity contribution in [2.45, 2.75) is 0 Å². The molecular weight excluding hydrogens is 137 g/mol. The maximum Gasteiger partial charge on any atom is 1.00 e. The van der Waals surface area contributed by atoms with Crippen LogP contribution in [0.3, 0.4) is 0 Å². The molecule has 0 unspecified atom stereocenters. The Kier molecular flexibility index (Phi) is 2.81. The third-order valence-corrected chi connectivity index (χ3v) is 1.26. The van der Waals surface area contributed by atoms with Crippen LogP contribution in [-0.2, 0) is 0 Å². The van der Waals surface area contributed by atoms with Crippen LogP contribution in [0.2, 0.25) is 0 Å². The number of pyridine rings is 1. The fourth-order valence-corrected chi connectivity index (χ4v) is 0.836. The first-order chi connectivity index (χ1) is 4.97. The molecule has 0 spiro atoms. The van der Waals surface area contributed by atoms with Gasteiger partial charge in [0.25, 0.3) is 0 Å². The van der Waals surface area contributed by atoms with E-state index < -0.39 is 0 Å². The summed E-state index contributed by atoms with van der Waals surface area (Å²) in [7, 11) is 0. The van der Waals surface area contributed by atoms with Crippen LogP contribution >= 0.6 is 0 Å². The monoisotopic (exact) mass is 143 g/mol. The number of hydrogen-bond acceptors (Lipinski definition) is 3. The molecule has 1 aliphatic heterocycles. The number of fused-ring (bicyclic) bond motifs is 1. The first kappa shape index (κ1) is 8.44. The summed E-state index contributed by atoms with van der Waals surface area (Å²) >= 11 is 0. The third kappa shape index (κ3) is 1.68. The van der Waals surface area contributed by atoms with Gasteiger partial charge in [-0.2, -0.15) is 6.07 Å². The molecule has 1 aromatic rings. The quantitative estimate of drug-likeness (QED) is 0.301. The summed E-state index contributed by atoms with van der Waals surface area (Å²) in [5, 5.41) is 0. The number of rotatable bonds is 0. The molecule has 1 aromatic heterocycles. The van der Waals surface area contributed by atoms with Gasteiger partial charge >= 0.3 is 18.9 Å². The Bertz CT molecular complexity index is 217. The molecule has 3 nitrogen and oxygen atoms in total. The molecule has 0 bridgehead atoms. The minimum atomic E-state index is 0. The summed E-state index contributed by atoms with van der Waals surface area (Å²) < 4.78 is 10.4. The van der Waals surface area contributed by atoms with Crippen molar-refractivity contribution in [3.05, 3.63) is 18.3 Å². The third-order valence-electron chi connectivity index (χ3n) is 1.26. The molecule has 4 heteroatoms. The van der Waals surface area contributed by atoms with E-state index in [1.807, 2.05) is 0 Å². The van der Waals surface area contributed by atoms with Crippen molar-refractivity contribution in [1.29, 1.82) is 0 Å². The van der Waals surface area contributed by atoms with Gasteiger partial charge < -0.3 is 9.47 Å². The van der Waals surface area contributed by atoms with Gasteiger partial charge in [0.15, 0.2) is 5.88 Å². The zero-order chi connectivity index (χ0) is 6.81. The van der Waals surface area contributed by atoms with E-state index in [0.717, 1.165) is 0 Å². The average molecular weight is 143 g/mol. The van der Waals surface area contributed by atoms with E-state index >= 15 is 0 Å². The predicted octanol–water partition coefficient (Wildman–Crippen LogP) is -2.34. The molecule has 0 fully saturated rings. The van der Waals surface area contributed by atoms with E-state index in [1.54, 1.807) is 12.3 Å². The Morgan fingerprint density at radius 1 is 1.36 bits per heavy atom. The van der Waals surface area contributed by atoms with E-state index in [9.17, 15) is 0 Å². The van der Waals surface area contributed by atoms with Gasteiger partial charge in [-0.25, -0.2) is 6.07 Å². The average Bonchev–Trinajstić information content (AvgIpc) is 2.05. The fraction of sp³-hybridized carbons (Fsp3) is 0.286. The number of nitrogens with zero attached hydrogens (tertiary/aromatic N) is 1. The first-order valence-corrected chi connectivity index (χ1v) is 3.08. The normalized spacial score (nSPS) is 13.5. The standard InChI is InChI=1S/C7H6NO2.Li/c1-2-6-7(8-3-1)10-5-4-9-6;/h2-3H,4-5H2;/q-1;+1. The molecule has 0 amide bonds. The summed E-state index contributed by atoms with van der Waals surface area (Å²) in [6, 6.07) is 4.53. The second-order valence-electron chi connectivity index (χ2n) is 1.94. The molecule has 52 valence electrons. The van der Waals surface area contributed by atoms with E-state index in [2.05, 4.69) is 11.1 Å². The Morgan fingerprint density at radius 3 is 3.00 bits per heavy atom. The molecular formula is C7H6LiNO2. The van der Waals surface area contributed by atoms with Crippen LogP contribution in [0.25, 0.3) is 0 Å². The molecule has 2 heterocycles. The van der Waals surface area contributed by atoms with Gasteiger partial charge in [0.05, 0.1) is 6.61 Å². The molecule has 0 radical (unpaired) electrons. The van der Waals surface area contributed by atoms with Crippen molar-refractivity contribution in [2.24, 2.45) is 0 Å². The first-order valence-electron chi connectivity index (χ1n) is 3.08. The van der Waals surface area contributed by atoms with Crippen LogP contribution in [0.15, 0.2) is 12.3 Å². The number of aromatic nitrogens is 1. The van der Waals surface area contributed by atoms with Crippen molar-refractivity contribution < 1.29 is 28.3 Å². The SMILES string of the molecule is [Li+].[c-]1cnc2c(c1)OCCO2. The maximum atomic E-state index is 5.20. The minimum absolute atomic E-state index is 0. The van der Waals surface area contributed by atoms with Gasteiger partial charge in [0.2, 0.25) is 0 Å². The molecule has 1 aliphatic rings. The van der Waals surface area contributed by atoms with Crippen molar-refractivity contribution in [3.8, 4) is 11.6 Å². The molecule has 11 heavy (non-hydrogen) atoms. The van der Waals surface area contributed by atoms with Crippen LogP contribution in [0.4, 0.5) is 0 Å². The maximum absolute atomic E-state index is 5.20. The zero-order valence-corrected chi connectivity index (χ0v) is 6.33. The van der Waals surface area contributed by atoms with Crippen LogP contribution < -0.4 is 28.3 Å². The second kappa shape index (κ2) is 3.66. The number of hydrogen-bond donors (Lipinski definition) is 0. The largest absolute Gasteiger partial charge is 1.00 e. The Morgan fingerprint density at radius 2 is 2.18 bits per heavy atom.